The molecule has 0 aliphatic rings. The highest BCUT2D eigenvalue weighted by Crippen LogP contribution is 2.16. The van der Waals surface area contributed by atoms with Crippen LogP contribution in [-0.4, -0.2) is 23.4 Å². The van der Waals surface area contributed by atoms with Crippen molar-refractivity contribution in [3.63, 3.8) is 0 Å². The number of anilines is 1. The lowest BCUT2D eigenvalue weighted by atomic mass is 10.2. The Morgan fingerprint density at radius 1 is 1.40 bits per heavy atom. The highest BCUT2D eigenvalue weighted by molar-refractivity contribution is 5.93. The van der Waals surface area contributed by atoms with Crippen molar-refractivity contribution < 1.29 is 19.2 Å². The van der Waals surface area contributed by atoms with Crippen LogP contribution in [0.5, 0.6) is 0 Å². The molecule has 0 unspecified atom stereocenters. The summed E-state index contributed by atoms with van der Waals surface area (Å²) in [7, 11) is 0. The molecule has 0 aromatic heterocycles. The molecular formula is C13H16N2O5. The largest absolute Gasteiger partial charge is 0.456 e. The number of nitro groups is 1. The second-order valence-corrected chi connectivity index (χ2v) is 4.12. The summed E-state index contributed by atoms with van der Waals surface area (Å²) in [6.45, 7) is 1.55. The van der Waals surface area contributed by atoms with Gasteiger partial charge in [0.25, 0.3) is 11.6 Å². The zero-order valence-electron chi connectivity index (χ0n) is 11.1. The number of nitrogens with one attached hydrogen (secondary N) is 1. The van der Waals surface area contributed by atoms with Crippen LogP contribution in [0.4, 0.5) is 11.4 Å². The van der Waals surface area contributed by atoms with E-state index in [4.69, 9.17) is 4.74 Å². The van der Waals surface area contributed by atoms with E-state index in [-0.39, 0.29) is 17.8 Å². The summed E-state index contributed by atoms with van der Waals surface area (Å²) in [4.78, 5) is 32.7. The molecule has 1 amide bonds. The molecule has 0 atom stereocenters. The first-order valence-corrected chi connectivity index (χ1v) is 6.23. The van der Waals surface area contributed by atoms with Gasteiger partial charge in [0.2, 0.25) is 0 Å². The zero-order valence-corrected chi connectivity index (χ0v) is 11.1. The minimum absolute atomic E-state index is 0.122. The summed E-state index contributed by atoms with van der Waals surface area (Å²) in [5.41, 5.74) is 0.163. The third kappa shape index (κ3) is 5.47. The number of non-ortho nitro benzene ring substituents is 1. The summed E-state index contributed by atoms with van der Waals surface area (Å²) >= 11 is 0. The quantitative estimate of drug-likeness (QED) is 0.469. The van der Waals surface area contributed by atoms with E-state index in [1.165, 1.54) is 24.3 Å². The van der Waals surface area contributed by atoms with Crippen LogP contribution in [0.3, 0.4) is 0 Å². The van der Waals surface area contributed by atoms with Gasteiger partial charge in [0.05, 0.1) is 4.92 Å². The summed E-state index contributed by atoms with van der Waals surface area (Å²) < 4.78 is 4.77. The van der Waals surface area contributed by atoms with Gasteiger partial charge in [-0.25, -0.2) is 0 Å². The minimum atomic E-state index is -0.555. The van der Waals surface area contributed by atoms with E-state index in [0.29, 0.717) is 6.42 Å². The van der Waals surface area contributed by atoms with Crippen molar-refractivity contribution in [1.29, 1.82) is 0 Å². The van der Waals surface area contributed by atoms with E-state index >= 15 is 0 Å². The van der Waals surface area contributed by atoms with Crippen LogP contribution >= 0.6 is 0 Å². The second kappa shape index (κ2) is 7.88. The molecule has 7 nitrogen and oxygen atoms in total. The van der Waals surface area contributed by atoms with E-state index in [1.807, 2.05) is 6.92 Å². The number of hydrogen-bond acceptors (Lipinski definition) is 5. The summed E-state index contributed by atoms with van der Waals surface area (Å²) in [6, 6.07) is 5.53. The first kappa shape index (κ1) is 15.6. The van der Waals surface area contributed by atoms with Crippen molar-refractivity contribution in [2.45, 2.75) is 26.2 Å². The summed E-state index contributed by atoms with van der Waals surface area (Å²) in [5.74, 6) is -0.962. The van der Waals surface area contributed by atoms with Crippen LogP contribution < -0.4 is 5.32 Å². The number of unbranched alkanes of at least 4 members (excludes halogenated alkanes) is 1. The molecular weight excluding hydrogens is 264 g/mol. The molecule has 108 valence electrons. The molecule has 0 saturated heterocycles. The van der Waals surface area contributed by atoms with E-state index in [1.54, 1.807) is 0 Å². The Bertz CT molecular complexity index is 501. The molecule has 0 saturated carbocycles. The molecule has 0 heterocycles. The summed E-state index contributed by atoms with van der Waals surface area (Å²) in [6.07, 6.45) is 1.86. The fourth-order valence-corrected chi connectivity index (χ4v) is 1.43. The van der Waals surface area contributed by atoms with Crippen LogP contribution in [0.15, 0.2) is 24.3 Å². The molecule has 0 fully saturated rings. The van der Waals surface area contributed by atoms with E-state index in [9.17, 15) is 19.7 Å². The SMILES string of the molecule is CCCCC(=O)OCC(=O)Nc1cccc([N+](=O)[O-])c1. The van der Waals surface area contributed by atoms with Crippen LogP contribution in [0, 0.1) is 10.1 Å². The monoisotopic (exact) mass is 280 g/mol. The van der Waals surface area contributed by atoms with E-state index in [2.05, 4.69) is 5.32 Å². The number of nitro benzene ring substituents is 1. The number of amides is 1. The standard InChI is InChI=1S/C13H16N2O5/c1-2-3-7-13(17)20-9-12(16)14-10-5-4-6-11(8-10)15(18)19/h4-6,8H,2-3,7,9H2,1H3,(H,14,16). The number of esters is 1. The van der Waals surface area contributed by atoms with Gasteiger partial charge in [0.15, 0.2) is 6.61 Å². The van der Waals surface area contributed by atoms with Gasteiger partial charge < -0.3 is 10.1 Å². The lowest BCUT2D eigenvalue weighted by Gasteiger charge is -2.06. The Kier molecular flexibility index (Phi) is 6.15. The van der Waals surface area contributed by atoms with Crippen LogP contribution in [-0.2, 0) is 14.3 Å². The average Bonchev–Trinajstić information content (AvgIpc) is 2.43. The van der Waals surface area contributed by atoms with Crippen LogP contribution in [0.25, 0.3) is 0 Å². The van der Waals surface area contributed by atoms with Gasteiger partial charge in [-0.05, 0) is 12.5 Å². The predicted molar refractivity (Wildman–Crippen MR) is 72.2 cm³/mol. The number of nitrogens with zero attached hydrogens (tertiary/aromatic N) is 1. The first-order valence-electron chi connectivity index (χ1n) is 6.23. The van der Waals surface area contributed by atoms with E-state index in [0.717, 1.165) is 6.42 Å². The Morgan fingerprint density at radius 3 is 2.80 bits per heavy atom. The molecule has 0 bridgehead atoms. The van der Waals surface area contributed by atoms with Gasteiger partial charge in [-0.2, -0.15) is 0 Å². The van der Waals surface area contributed by atoms with Crippen molar-refractivity contribution in [3.05, 3.63) is 34.4 Å². The maximum absolute atomic E-state index is 11.5. The normalized spacial score (nSPS) is 9.85. The molecule has 1 rings (SSSR count). The number of rotatable bonds is 7. The Balaban J connectivity index is 2.44. The van der Waals surface area contributed by atoms with Gasteiger partial charge >= 0.3 is 5.97 Å². The fraction of sp³-hybridized carbons (Fsp3) is 0.385. The third-order valence-electron chi connectivity index (χ3n) is 2.44. The van der Waals surface area contributed by atoms with Crippen LogP contribution in [0.2, 0.25) is 0 Å². The van der Waals surface area contributed by atoms with Crippen molar-refractivity contribution in [1.82, 2.24) is 0 Å². The van der Waals surface area contributed by atoms with Crippen LogP contribution in [0.1, 0.15) is 26.2 Å². The lowest BCUT2D eigenvalue weighted by Crippen LogP contribution is -2.20. The summed E-state index contributed by atoms with van der Waals surface area (Å²) in [5, 5.41) is 13.0. The maximum atomic E-state index is 11.5. The highest BCUT2D eigenvalue weighted by Gasteiger charge is 2.10. The third-order valence-corrected chi connectivity index (χ3v) is 2.44. The molecule has 7 heteroatoms. The van der Waals surface area contributed by atoms with Gasteiger partial charge in [0, 0.05) is 24.2 Å². The van der Waals surface area contributed by atoms with Crippen molar-refractivity contribution in [3.8, 4) is 0 Å². The molecule has 1 N–H and O–H groups in total. The molecule has 20 heavy (non-hydrogen) atoms. The fourth-order valence-electron chi connectivity index (χ4n) is 1.43. The Hall–Kier alpha value is -2.44. The number of carbonyl (C=O) groups excluding carboxylic acids is 2. The predicted octanol–water partition coefficient (Wildman–Crippen LogP) is 2.27. The van der Waals surface area contributed by atoms with Gasteiger partial charge in [0.1, 0.15) is 0 Å². The number of hydrogen-bond donors (Lipinski definition) is 1. The topological polar surface area (TPSA) is 98.5 Å². The lowest BCUT2D eigenvalue weighted by molar-refractivity contribution is -0.384. The number of benzene rings is 1. The molecule has 0 radical (unpaired) electrons. The molecule has 0 aliphatic carbocycles. The highest BCUT2D eigenvalue weighted by atomic mass is 16.6. The molecule has 0 spiro atoms. The molecule has 0 aliphatic heterocycles. The number of carbonyl (C=O) groups is 2. The smallest absolute Gasteiger partial charge is 0.306 e. The van der Waals surface area contributed by atoms with Crippen molar-refractivity contribution >= 4 is 23.3 Å². The zero-order chi connectivity index (χ0) is 15.0. The minimum Gasteiger partial charge on any atom is -0.456 e. The van der Waals surface area contributed by atoms with E-state index < -0.39 is 23.4 Å². The first-order chi connectivity index (χ1) is 9.52. The molecule has 1 aromatic carbocycles. The number of ether oxygens (including phenoxy) is 1. The molecule has 1 aromatic rings. The Labute approximate surface area is 116 Å². The average molecular weight is 280 g/mol. The maximum Gasteiger partial charge on any atom is 0.306 e. The van der Waals surface area contributed by atoms with Gasteiger partial charge in [-0.3, -0.25) is 19.7 Å². The van der Waals surface area contributed by atoms with Gasteiger partial charge in [-0.15, -0.1) is 0 Å². The van der Waals surface area contributed by atoms with Crippen molar-refractivity contribution in [2.75, 3.05) is 11.9 Å². The van der Waals surface area contributed by atoms with Gasteiger partial charge in [-0.1, -0.05) is 19.4 Å². The second-order valence-electron chi connectivity index (χ2n) is 4.12. The van der Waals surface area contributed by atoms with Crippen molar-refractivity contribution in [2.24, 2.45) is 0 Å². The Morgan fingerprint density at radius 2 is 2.15 bits per heavy atom.